The molecule has 0 unspecified atom stereocenters. The number of nitrogens with zero attached hydrogens (tertiary/aromatic N) is 1. The Kier molecular flexibility index (Phi) is 7.59. The fourth-order valence-electron chi connectivity index (χ4n) is 2.91. The predicted molar refractivity (Wildman–Crippen MR) is 121 cm³/mol. The molecule has 11 heteroatoms. The fraction of sp³-hybridized carbons (Fsp3) is 0.130. The number of hydrogen-bond acceptors (Lipinski definition) is 7. The van der Waals surface area contributed by atoms with Crippen LogP contribution in [0.2, 0.25) is 0 Å². The van der Waals surface area contributed by atoms with Gasteiger partial charge in [0.1, 0.15) is 11.4 Å². The zero-order chi connectivity index (χ0) is 24.7. The van der Waals surface area contributed by atoms with Crippen LogP contribution in [-0.4, -0.2) is 49.9 Å². The number of nitrogens with one attached hydrogen (secondary N) is 2. The Morgan fingerprint density at radius 2 is 1.71 bits per heavy atom. The summed E-state index contributed by atoms with van der Waals surface area (Å²) < 4.78 is 32.2. The lowest BCUT2D eigenvalue weighted by Crippen LogP contribution is -2.31. The van der Waals surface area contributed by atoms with Crippen LogP contribution in [0.1, 0.15) is 36.8 Å². The van der Waals surface area contributed by atoms with Crippen LogP contribution < -0.4 is 14.8 Å². The number of rotatable bonds is 9. The summed E-state index contributed by atoms with van der Waals surface area (Å²) in [6.07, 6.45) is 1.53. The van der Waals surface area contributed by atoms with Gasteiger partial charge in [-0.25, -0.2) is 22.9 Å². The summed E-state index contributed by atoms with van der Waals surface area (Å²) in [7, 11) is -2.72. The third kappa shape index (κ3) is 6.17. The summed E-state index contributed by atoms with van der Waals surface area (Å²) in [5.74, 6) is -2.01. The minimum atomic E-state index is -4.30. The van der Waals surface area contributed by atoms with Crippen molar-refractivity contribution in [2.45, 2.75) is 11.3 Å². The van der Waals surface area contributed by atoms with E-state index in [9.17, 15) is 22.8 Å². The number of aromatic carboxylic acids is 1. The van der Waals surface area contributed by atoms with Crippen molar-refractivity contribution >= 4 is 27.8 Å². The number of carbonyl (C=O) groups excluding carboxylic acids is 2. The molecule has 1 aromatic heterocycles. The summed E-state index contributed by atoms with van der Waals surface area (Å²) >= 11 is 0. The van der Waals surface area contributed by atoms with Crippen molar-refractivity contribution in [2.75, 3.05) is 13.7 Å². The van der Waals surface area contributed by atoms with E-state index in [1.54, 1.807) is 7.11 Å². The van der Waals surface area contributed by atoms with Crippen molar-refractivity contribution in [3.63, 3.8) is 0 Å². The van der Waals surface area contributed by atoms with Gasteiger partial charge in [-0.05, 0) is 54.4 Å². The van der Waals surface area contributed by atoms with E-state index in [0.717, 1.165) is 35.7 Å². The van der Waals surface area contributed by atoms with Crippen molar-refractivity contribution in [2.24, 2.45) is 0 Å². The number of carbonyl (C=O) groups is 3. The highest BCUT2D eigenvalue weighted by Gasteiger charge is 2.20. The summed E-state index contributed by atoms with van der Waals surface area (Å²) in [6.45, 7) is 0.332. The Labute approximate surface area is 195 Å². The molecule has 0 saturated carbocycles. The lowest BCUT2D eigenvalue weighted by Gasteiger charge is -2.09. The minimum Gasteiger partial charge on any atom is -0.497 e. The first-order chi connectivity index (χ1) is 16.2. The highest BCUT2D eigenvalue weighted by molar-refractivity contribution is 7.90. The van der Waals surface area contributed by atoms with Crippen LogP contribution in [0.25, 0.3) is 0 Å². The van der Waals surface area contributed by atoms with Crippen LogP contribution in [-0.2, 0) is 16.4 Å². The van der Waals surface area contributed by atoms with E-state index in [2.05, 4.69) is 10.3 Å². The Bertz CT molecular complexity index is 1310. The molecule has 3 aromatic rings. The van der Waals surface area contributed by atoms with E-state index < -0.39 is 27.8 Å². The highest BCUT2D eigenvalue weighted by Crippen LogP contribution is 2.14. The van der Waals surface area contributed by atoms with Gasteiger partial charge in [0, 0.05) is 18.3 Å². The molecule has 0 bridgehead atoms. The third-order valence-corrected chi connectivity index (χ3v) is 6.07. The van der Waals surface area contributed by atoms with E-state index in [-0.39, 0.29) is 21.7 Å². The Hall–Kier alpha value is -4.25. The van der Waals surface area contributed by atoms with E-state index >= 15 is 0 Å². The monoisotopic (exact) mass is 483 g/mol. The van der Waals surface area contributed by atoms with Gasteiger partial charge < -0.3 is 15.2 Å². The highest BCUT2D eigenvalue weighted by atomic mass is 32.2. The molecule has 0 aliphatic carbocycles. The molecule has 1 heterocycles. The van der Waals surface area contributed by atoms with Gasteiger partial charge in [-0.2, -0.15) is 0 Å². The first-order valence-electron chi connectivity index (χ1n) is 9.97. The number of hydrogen-bond donors (Lipinski definition) is 3. The van der Waals surface area contributed by atoms with E-state index in [1.165, 1.54) is 18.2 Å². The molecule has 0 spiro atoms. The Balaban J connectivity index is 1.63. The average Bonchev–Trinajstić information content (AvgIpc) is 2.84. The quantitative estimate of drug-likeness (QED) is 0.417. The lowest BCUT2D eigenvalue weighted by atomic mass is 10.1. The first-order valence-corrected chi connectivity index (χ1v) is 11.5. The third-order valence-electron chi connectivity index (χ3n) is 4.74. The van der Waals surface area contributed by atoms with E-state index in [1.807, 2.05) is 29.0 Å². The zero-order valence-corrected chi connectivity index (χ0v) is 18.8. The number of sulfonamides is 1. The molecule has 0 atom stereocenters. The maximum atomic E-state index is 12.6. The number of amides is 2. The molecule has 3 rings (SSSR count). The fourth-order valence-corrected chi connectivity index (χ4v) is 3.93. The largest absolute Gasteiger partial charge is 0.497 e. The molecule has 3 N–H and O–H groups in total. The molecule has 2 aromatic carbocycles. The van der Waals surface area contributed by atoms with Gasteiger partial charge in [-0.1, -0.05) is 18.2 Å². The second kappa shape index (κ2) is 10.6. The van der Waals surface area contributed by atoms with Gasteiger partial charge in [0.05, 0.1) is 17.6 Å². The molecule has 0 fully saturated rings. The second-order valence-corrected chi connectivity index (χ2v) is 8.74. The van der Waals surface area contributed by atoms with Crippen molar-refractivity contribution in [1.29, 1.82) is 0 Å². The van der Waals surface area contributed by atoms with Gasteiger partial charge in [-0.3, -0.25) is 9.59 Å². The number of carboxylic acids is 1. The molecule has 10 nitrogen and oxygen atoms in total. The normalized spacial score (nSPS) is 10.9. The molecule has 176 valence electrons. The Morgan fingerprint density at radius 3 is 2.32 bits per heavy atom. The summed E-state index contributed by atoms with van der Waals surface area (Å²) in [5.41, 5.74) is 0.676. The number of carboxylic acid groups (broad SMARTS) is 1. The maximum absolute atomic E-state index is 12.6. The van der Waals surface area contributed by atoms with Gasteiger partial charge in [0.15, 0.2) is 0 Å². The molecule has 0 aliphatic rings. The minimum absolute atomic E-state index is 0.109. The number of ether oxygens (including phenoxy) is 1. The van der Waals surface area contributed by atoms with Crippen LogP contribution in [0.15, 0.2) is 71.8 Å². The average molecular weight is 484 g/mol. The summed E-state index contributed by atoms with van der Waals surface area (Å²) in [6, 6.07) is 14.9. The van der Waals surface area contributed by atoms with Crippen LogP contribution in [0.4, 0.5) is 0 Å². The molecule has 2 amide bonds. The SMILES string of the molecule is COc1ccc(CCNC(=O)c2cccc(S(=O)(=O)NC(=O)c3ccc(C(=O)O)nc3)c2)cc1. The number of methoxy groups -OCH3 is 1. The molecule has 0 saturated heterocycles. The number of pyridine rings is 1. The second-order valence-electron chi connectivity index (χ2n) is 7.05. The zero-order valence-electron chi connectivity index (χ0n) is 18.0. The molecule has 0 aliphatic heterocycles. The first kappa shape index (κ1) is 24.4. The summed E-state index contributed by atoms with van der Waals surface area (Å²) in [5, 5.41) is 11.6. The standard InChI is InChI=1S/C23H21N3O7S/c1-33-18-8-5-15(6-9-18)11-12-24-21(27)16-3-2-4-19(13-16)34(31,32)26-22(28)17-7-10-20(23(29)30)25-14-17/h2-10,13-14H,11-12H2,1H3,(H,24,27)(H,26,28)(H,29,30). The van der Waals surface area contributed by atoms with Gasteiger partial charge in [0.2, 0.25) is 0 Å². The van der Waals surface area contributed by atoms with Crippen LogP contribution in [0.3, 0.4) is 0 Å². The summed E-state index contributed by atoms with van der Waals surface area (Å²) in [4.78, 5) is 38.9. The van der Waals surface area contributed by atoms with E-state index in [0.29, 0.717) is 13.0 Å². The van der Waals surface area contributed by atoms with Crippen molar-refractivity contribution in [1.82, 2.24) is 15.0 Å². The van der Waals surface area contributed by atoms with Gasteiger partial charge in [0.25, 0.3) is 21.8 Å². The van der Waals surface area contributed by atoms with Gasteiger partial charge >= 0.3 is 5.97 Å². The van der Waals surface area contributed by atoms with Crippen molar-refractivity contribution < 1.29 is 32.6 Å². The van der Waals surface area contributed by atoms with Crippen LogP contribution in [0, 0.1) is 0 Å². The lowest BCUT2D eigenvalue weighted by molar-refractivity contribution is 0.0689. The number of benzene rings is 2. The van der Waals surface area contributed by atoms with Crippen molar-refractivity contribution in [3.05, 3.63) is 89.2 Å². The molecule has 34 heavy (non-hydrogen) atoms. The topological polar surface area (TPSA) is 152 Å². The maximum Gasteiger partial charge on any atom is 0.354 e. The smallest absolute Gasteiger partial charge is 0.354 e. The van der Waals surface area contributed by atoms with Crippen molar-refractivity contribution in [3.8, 4) is 5.75 Å². The predicted octanol–water partition coefficient (Wildman–Crippen LogP) is 1.88. The van der Waals surface area contributed by atoms with E-state index in [4.69, 9.17) is 9.84 Å². The van der Waals surface area contributed by atoms with Gasteiger partial charge in [-0.15, -0.1) is 0 Å². The Morgan fingerprint density at radius 1 is 0.971 bits per heavy atom. The molecular weight excluding hydrogens is 462 g/mol. The molecular formula is C23H21N3O7S. The number of aromatic nitrogens is 1. The van der Waals surface area contributed by atoms with Crippen LogP contribution in [0.5, 0.6) is 5.75 Å². The molecule has 0 radical (unpaired) electrons. The van der Waals surface area contributed by atoms with Crippen LogP contribution >= 0.6 is 0 Å².